The summed E-state index contributed by atoms with van der Waals surface area (Å²) in [5.41, 5.74) is 1.42. The van der Waals surface area contributed by atoms with Gasteiger partial charge in [-0.3, -0.25) is 4.79 Å². The van der Waals surface area contributed by atoms with Gasteiger partial charge in [0.1, 0.15) is 11.6 Å². The number of ether oxygens (including phenoxy) is 1. The summed E-state index contributed by atoms with van der Waals surface area (Å²) in [6, 6.07) is 9.33. The number of imide groups is 1. The lowest BCUT2D eigenvalue weighted by Crippen LogP contribution is -2.37. The van der Waals surface area contributed by atoms with Gasteiger partial charge in [-0.15, -0.1) is 0 Å². The third kappa shape index (κ3) is 2.61. The van der Waals surface area contributed by atoms with Crippen LogP contribution in [-0.2, 0) is 16.1 Å². The molecule has 1 heterocycles. The number of hydrogen-bond acceptors (Lipinski definition) is 3. The van der Waals surface area contributed by atoms with E-state index in [2.05, 4.69) is 15.9 Å². The highest BCUT2D eigenvalue weighted by atomic mass is 79.9. The van der Waals surface area contributed by atoms with Crippen LogP contribution in [0.15, 0.2) is 42.0 Å². The highest BCUT2D eigenvalue weighted by Crippen LogP contribution is 2.23. The van der Waals surface area contributed by atoms with Gasteiger partial charge in [-0.1, -0.05) is 46.3 Å². The first-order valence-electron chi connectivity index (χ1n) is 5.46. The van der Waals surface area contributed by atoms with Gasteiger partial charge in [0.15, 0.2) is 0 Å². The Labute approximate surface area is 113 Å². The number of rotatable bonds is 2. The van der Waals surface area contributed by atoms with E-state index >= 15 is 0 Å². The van der Waals surface area contributed by atoms with E-state index in [0.29, 0.717) is 5.57 Å². The predicted molar refractivity (Wildman–Crippen MR) is 69.9 cm³/mol. The van der Waals surface area contributed by atoms with Crippen LogP contribution in [0, 0.1) is 0 Å². The Bertz CT molecular complexity index is 498. The first-order chi connectivity index (χ1) is 8.59. The van der Waals surface area contributed by atoms with Gasteiger partial charge in [-0.25, -0.2) is 9.69 Å². The average molecular weight is 310 g/mol. The van der Waals surface area contributed by atoms with Gasteiger partial charge in [-0.2, -0.15) is 0 Å². The summed E-state index contributed by atoms with van der Waals surface area (Å²) < 4.78 is 5.10. The molecular weight excluding hydrogens is 298 g/mol. The van der Waals surface area contributed by atoms with E-state index in [9.17, 15) is 9.59 Å². The summed E-state index contributed by atoms with van der Waals surface area (Å²) in [6.07, 6.45) is 1.03. The Morgan fingerprint density at radius 1 is 1.39 bits per heavy atom. The van der Waals surface area contributed by atoms with Crippen molar-refractivity contribution in [2.24, 2.45) is 0 Å². The number of amides is 2. The lowest BCUT2D eigenvalue weighted by Gasteiger charge is -2.18. The number of carbonyl (C=O) groups excluding carboxylic acids is 2. The van der Waals surface area contributed by atoms with Gasteiger partial charge in [0.05, 0.1) is 0 Å². The topological polar surface area (TPSA) is 46.6 Å². The lowest BCUT2D eigenvalue weighted by molar-refractivity contribution is -0.124. The van der Waals surface area contributed by atoms with Crippen molar-refractivity contribution in [3.8, 4) is 0 Å². The highest BCUT2D eigenvalue weighted by molar-refractivity contribution is 9.09. The summed E-state index contributed by atoms with van der Waals surface area (Å²) in [5, 5.41) is 0. The van der Waals surface area contributed by atoms with Gasteiger partial charge in [0.25, 0.3) is 5.91 Å². The fourth-order valence-corrected chi connectivity index (χ4v) is 2.38. The van der Waals surface area contributed by atoms with E-state index in [1.165, 1.54) is 0 Å². The molecule has 1 aromatic carbocycles. The average Bonchev–Trinajstić information content (AvgIpc) is 2.62. The molecule has 0 radical (unpaired) electrons. The van der Waals surface area contributed by atoms with Crippen molar-refractivity contribution in [3.63, 3.8) is 0 Å². The molecule has 94 valence electrons. The molecule has 2 amide bonds. The number of carbonyl (C=O) groups is 2. The second-order valence-corrected chi connectivity index (χ2v) is 4.88. The number of benzene rings is 1. The van der Waals surface area contributed by atoms with Gasteiger partial charge >= 0.3 is 6.09 Å². The molecule has 0 saturated heterocycles. The SMILES string of the molecule is CC1=CC(Br)N(C(=O)OCc2ccccc2)C1=O. The van der Waals surface area contributed by atoms with Crippen LogP contribution in [0.5, 0.6) is 0 Å². The third-order valence-corrected chi connectivity index (χ3v) is 3.27. The van der Waals surface area contributed by atoms with E-state index in [-0.39, 0.29) is 12.5 Å². The second kappa shape index (κ2) is 5.35. The molecule has 0 aromatic heterocycles. The van der Waals surface area contributed by atoms with Crippen molar-refractivity contribution in [1.82, 2.24) is 4.90 Å². The molecule has 0 aliphatic carbocycles. The summed E-state index contributed by atoms with van der Waals surface area (Å²) >= 11 is 3.24. The van der Waals surface area contributed by atoms with Crippen LogP contribution in [0.2, 0.25) is 0 Å². The maximum Gasteiger partial charge on any atom is 0.418 e. The molecule has 0 fully saturated rings. The molecule has 1 unspecified atom stereocenters. The van der Waals surface area contributed by atoms with Crippen molar-refractivity contribution in [2.75, 3.05) is 0 Å². The van der Waals surface area contributed by atoms with Crippen LogP contribution in [0.3, 0.4) is 0 Å². The van der Waals surface area contributed by atoms with Crippen LogP contribution in [0.1, 0.15) is 12.5 Å². The zero-order valence-corrected chi connectivity index (χ0v) is 11.4. The van der Waals surface area contributed by atoms with Crippen LogP contribution in [0.25, 0.3) is 0 Å². The standard InChI is InChI=1S/C13H12BrNO3/c1-9-7-11(14)15(12(9)16)13(17)18-8-10-5-3-2-4-6-10/h2-7,11H,8H2,1H3. The minimum atomic E-state index is -0.640. The first kappa shape index (κ1) is 12.8. The molecule has 1 aromatic rings. The maximum atomic E-state index is 11.8. The van der Waals surface area contributed by atoms with E-state index in [4.69, 9.17) is 4.74 Å². The summed E-state index contributed by atoms with van der Waals surface area (Å²) in [7, 11) is 0. The van der Waals surface area contributed by atoms with E-state index in [1.54, 1.807) is 13.0 Å². The highest BCUT2D eigenvalue weighted by Gasteiger charge is 2.34. The molecule has 5 heteroatoms. The fraction of sp³-hybridized carbons (Fsp3) is 0.231. The van der Waals surface area contributed by atoms with Crippen LogP contribution in [-0.4, -0.2) is 21.9 Å². The zero-order valence-electron chi connectivity index (χ0n) is 9.80. The Hall–Kier alpha value is -1.62. The van der Waals surface area contributed by atoms with Crippen LogP contribution < -0.4 is 0 Å². The molecule has 0 bridgehead atoms. The molecule has 18 heavy (non-hydrogen) atoms. The Morgan fingerprint density at radius 2 is 2.06 bits per heavy atom. The van der Waals surface area contributed by atoms with E-state index in [1.807, 2.05) is 30.3 Å². The number of nitrogens with zero attached hydrogens (tertiary/aromatic N) is 1. The Morgan fingerprint density at radius 3 is 2.61 bits per heavy atom. The van der Waals surface area contributed by atoms with Gasteiger partial charge in [0, 0.05) is 5.57 Å². The molecule has 1 aliphatic rings. The molecule has 1 atom stereocenters. The van der Waals surface area contributed by atoms with Crippen LogP contribution >= 0.6 is 15.9 Å². The number of alkyl halides is 1. The summed E-state index contributed by atoms with van der Waals surface area (Å²) in [4.78, 5) is 24.1. The summed E-state index contributed by atoms with van der Waals surface area (Å²) in [6.45, 7) is 1.82. The fourth-order valence-electron chi connectivity index (χ4n) is 1.63. The van der Waals surface area contributed by atoms with Gasteiger partial charge < -0.3 is 4.74 Å². The normalized spacial score (nSPS) is 18.8. The Balaban J connectivity index is 1.96. The van der Waals surface area contributed by atoms with Gasteiger partial charge in [-0.05, 0) is 18.6 Å². The smallest absolute Gasteiger partial charge is 0.418 e. The van der Waals surface area contributed by atoms with E-state index < -0.39 is 11.0 Å². The first-order valence-corrected chi connectivity index (χ1v) is 6.38. The molecule has 2 rings (SSSR count). The van der Waals surface area contributed by atoms with Crippen molar-refractivity contribution in [3.05, 3.63) is 47.5 Å². The molecule has 0 saturated carbocycles. The quantitative estimate of drug-likeness (QED) is 0.623. The van der Waals surface area contributed by atoms with Gasteiger partial charge in [0.2, 0.25) is 0 Å². The molecule has 0 spiro atoms. The third-order valence-electron chi connectivity index (χ3n) is 2.59. The van der Waals surface area contributed by atoms with Crippen molar-refractivity contribution in [2.45, 2.75) is 18.5 Å². The largest absolute Gasteiger partial charge is 0.444 e. The number of hydrogen-bond donors (Lipinski definition) is 0. The minimum absolute atomic E-state index is 0.155. The van der Waals surface area contributed by atoms with Crippen molar-refractivity contribution < 1.29 is 14.3 Å². The van der Waals surface area contributed by atoms with E-state index in [0.717, 1.165) is 10.5 Å². The van der Waals surface area contributed by atoms with Crippen LogP contribution in [0.4, 0.5) is 4.79 Å². The van der Waals surface area contributed by atoms with Crippen molar-refractivity contribution >= 4 is 27.9 Å². The zero-order chi connectivity index (χ0) is 13.1. The monoisotopic (exact) mass is 309 g/mol. The molecular formula is C13H12BrNO3. The second-order valence-electron chi connectivity index (χ2n) is 3.94. The number of halogens is 1. The summed E-state index contributed by atoms with van der Waals surface area (Å²) in [5.74, 6) is -0.324. The molecule has 1 aliphatic heterocycles. The maximum absolute atomic E-state index is 11.8. The molecule has 4 nitrogen and oxygen atoms in total. The molecule has 0 N–H and O–H groups in total. The minimum Gasteiger partial charge on any atom is -0.444 e. The predicted octanol–water partition coefficient (Wildman–Crippen LogP) is 2.83. The Kier molecular flexibility index (Phi) is 3.81. The van der Waals surface area contributed by atoms with Crippen molar-refractivity contribution in [1.29, 1.82) is 0 Å². The lowest BCUT2D eigenvalue weighted by atomic mass is 10.2.